The smallest absolute Gasteiger partial charge is 0.339 e. The average molecular weight is 326 g/mol. The largest absolute Gasteiger partial charge is 0.448 e. The van der Waals surface area contributed by atoms with Gasteiger partial charge in [-0.2, -0.15) is 0 Å². The predicted octanol–water partition coefficient (Wildman–Crippen LogP) is 3.78. The van der Waals surface area contributed by atoms with Gasteiger partial charge in [0.15, 0.2) is 0 Å². The normalized spacial score (nSPS) is 12.4. The van der Waals surface area contributed by atoms with Crippen molar-refractivity contribution in [2.24, 2.45) is 0 Å². The van der Waals surface area contributed by atoms with Gasteiger partial charge in [0.2, 0.25) is 0 Å². The Kier molecular flexibility index (Phi) is 3.43. The molecule has 0 saturated carbocycles. The van der Waals surface area contributed by atoms with Gasteiger partial charge in [-0.1, -0.05) is 30.3 Å². The zero-order chi connectivity index (χ0) is 11.5. The van der Waals surface area contributed by atoms with Gasteiger partial charge >= 0.3 is 5.97 Å². The maximum absolute atomic E-state index is 11.7. The van der Waals surface area contributed by atoms with E-state index in [9.17, 15) is 4.79 Å². The molecule has 0 fully saturated rings. The molecule has 0 bridgehead atoms. The molecule has 0 N–H and O–H groups in total. The summed E-state index contributed by atoms with van der Waals surface area (Å²) in [5.41, 5.74) is 0.599. The molecule has 2 nitrogen and oxygen atoms in total. The summed E-state index contributed by atoms with van der Waals surface area (Å²) in [5.74, 6) is -0.271. The SMILES string of the molecule is CC(I)OC(=O)c1ccc2ccccc2c1. The topological polar surface area (TPSA) is 26.3 Å². The number of hydrogen-bond donors (Lipinski definition) is 0. The third-order valence-electron chi connectivity index (χ3n) is 2.25. The van der Waals surface area contributed by atoms with E-state index in [4.69, 9.17) is 4.74 Å². The van der Waals surface area contributed by atoms with Crippen LogP contribution in [0, 0.1) is 0 Å². The highest BCUT2D eigenvalue weighted by atomic mass is 127. The minimum Gasteiger partial charge on any atom is -0.448 e. The number of rotatable bonds is 2. The number of carbonyl (C=O) groups is 1. The van der Waals surface area contributed by atoms with Crippen LogP contribution in [0.1, 0.15) is 17.3 Å². The number of alkyl halides is 1. The molecule has 0 aliphatic rings. The van der Waals surface area contributed by atoms with E-state index in [0.717, 1.165) is 10.8 Å². The molecule has 2 rings (SSSR count). The second-order valence-corrected chi connectivity index (χ2v) is 5.26. The predicted molar refractivity (Wildman–Crippen MR) is 72.8 cm³/mol. The first kappa shape index (κ1) is 11.4. The summed E-state index contributed by atoms with van der Waals surface area (Å²) in [5, 5.41) is 2.18. The van der Waals surface area contributed by atoms with Crippen LogP contribution in [0.2, 0.25) is 0 Å². The maximum atomic E-state index is 11.7. The molecule has 0 saturated heterocycles. The summed E-state index contributed by atoms with van der Waals surface area (Å²) in [7, 11) is 0. The van der Waals surface area contributed by atoms with E-state index in [0.29, 0.717) is 5.56 Å². The van der Waals surface area contributed by atoms with E-state index >= 15 is 0 Å². The Morgan fingerprint density at radius 2 is 1.88 bits per heavy atom. The third kappa shape index (κ3) is 2.52. The van der Waals surface area contributed by atoms with Crippen molar-refractivity contribution in [1.29, 1.82) is 0 Å². The fraction of sp³-hybridized carbons (Fsp3) is 0.154. The van der Waals surface area contributed by atoms with Gasteiger partial charge < -0.3 is 4.74 Å². The Morgan fingerprint density at radius 3 is 2.56 bits per heavy atom. The molecule has 2 aromatic rings. The van der Waals surface area contributed by atoms with Crippen molar-refractivity contribution in [3.8, 4) is 0 Å². The summed E-state index contributed by atoms with van der Waals surface area (Å²) in [6, 6.07) is 13.5. The molecule has 0 aliphatic heterocycles. The Balaban J connectivity index is 2.35. The van der Waals surface area contributed by atoms with Crippen molar-refractivity contribution in [2.45, 2.75) is 11.0 Å². The highest BCUT2D eigenvalue weighted by Gasteiger charge is 2.09. The van der Waals surface area contributed by atoms with Crippen LogP contribution >= 0.6 is 22.6 Å². The first-order valence-electron chi connectivity index (χ1n) is 5.00. The van der Waals surface area contributed by atoms with Crippen LogP contribution in [0.3, 0.4) is 0 Å². The van der Waals surface area contributed by atoms with E-state index in [-0.39, 0.29) is 10.1 Å². The quantitative estimate of drug-likeness (QED) is 0.477. The lowest BCUT2D eigenvalue weighted by Crippen LogP contribution is -2.09. The Morgan fingerprint density at radius 1 is 1.19 bits per heavy atom. The zero-order valence-electron chi connectivity index (χ0n) is 8.81. The second kappa shape index (κ2) is 4.82. The van der Waals surface area contributed by atoms with Crippen LogP contribution in [0.5, 0.6) is 0 Å². The summed E-state index contributed by atoms with van der Waals surface area (Å²) < 4.78 is 5.02. The van der Waals surface area contributed by atoms with Gasteiger partial charge in [-0.15, -0.1) is 0 Å². The average Bonchev–Trinajstić information content (AvgIpc) is 2.27. The lowest BCUT2D eigenvalue weighted by molar-refractivity contribution is 0.0502. The summed E-state index contributed by atoms with van der Waals surface area (Å²) in [6.45, 7) is 1.83. The molecular formula is C13H11IO2. The standard InChI is InChI=1S/C13H11IO2/c1-9(14)16-13(15)12-7-6-10-4-2-3-5-11(10)8-12/h2-9H,1H3. The summed E-state index contributed by atoms with van der Waals surface area (Å²) >= 11 is 2.06. The summed E-state index contributed by atoms with van der Waals surface area (Å²) in [4.78, 5) is 11.7. The number of benzene rings is 2. The molecule has 1 atom stereocenters. The van der Waals surface area contributed by atoms with Crippen LogP contribution in [-0.2, 0) is 4.74 Å². The van der Waals surface area contributed by atoms with Gasteiger partial charge in [0, 0.05) is 0 Å². The van der Waals surface area contributed by atoms with Crippen molar-refractivity contribution in [1.82, 2.24) is 0 Å². The van der Waals surface area contributed by atoms with Crippen molar-refractivity contribution in [3.63, 3.8) is 0 Å². The molecule has 82 valence electrons. The van der Waals surface area contributed by atoms with Crippen LogP contribution in [0.4, 0.5) is 0 Å². The molecule has 1 unspecified atom stereocenters. The number of ether oxygens (including phenoxy) is 1. The fourth-order valence-corrected chi connectivity index (χ4v) is 1.76. The van der Waals surface area contributed by atoms with Gasteiger partial charge in [-0.3, -0.25) is 0 Å². The van der Waals surface area contributed by atoms with Crippen LogP contribution in [0.25, 0.3) is 10.8 Å². The third-order valence-corrected chi connectivity index (χ3v) is 2.51. The second-order valence-electron chi connectivity index (χ2n) is 3.51. The minimum absolute atomic E-state index is 0.114. The summed E-state index contributed by atoms with van der Waals surface area (Å²) in [6.07, 6.45) is 0. The lowest BCUT2D eigenvalue weighted by atomic mass is 10.1. The molecule has 0 radical (unpaired) electrons. The van der Waals surface area contributed by atoms with E-state index in [1.807, 2.05) is 43.3 Å². The minimum atomic E-state index is -0.271. The van der Waals surface area contributed by atoms with Crippen molar-refractivity contribution in [3.05, 3.63) is 48.0 Å². The van der Waals surface area contributed by atoms with Crippen LogP contribution in [0.15, 0.2) is 42.5 Å². The Labute approximate surface area is 108 Å². The number of esters is 1. The van der Waals surface area contributed by atoms with Crippen molar-refractivity contribution >= 4 is 39.3 Å². The molecule has 3 heteroatoms. The number of carbonyl (C=O) groups excluding carboxylic acids is 1. The Bertz CT molecular complexity index is 520. The molecule has 0 aliphatic carbocycles. The molecule has 0 amide bonds. The molecule has 0 heterocycles. The van der Waals surface area contributed by atoms with Crippen molar-refractivity contribution in [2.75, 3.05) is 0 Å². The van der Waals surface area contributed by atoms with E-state index in [1.54, 1.807) is 6.07 Å². The Hall–Kier alpha value is -1.10. The number of halogens is 1. The zero-order valence-corrected chi connectivity index (χ0v) is 11.0. The van der Waals surface area contributed by atoms with Crippen LogP contribution in [-0.4, -0.2) is 10.1 Å². The van der Waals surface area contributed by atoms with Gasteiger partial charge in [0.05, 0.1) is 5.56 Å². The monoisotopic (exact) mass is 326 g/mol. The van der Waals surface area contributed by atoms with Crippen molar-refractivity contribution < 1.29 is 9.53 Å². The number of hydrogen-bond acceptors (Lipinski definition) is 2. The lowest BCUT2D eigenvalue weighted by Gasteiger charge is -2.07. The van der Waals surface area contributed by atoms with E-state index < -0.39 is 0 Å². The van der Waals surface area contributed by atoms with Gasteiger partial charge in [-0.05, 0) is 52.4 Å². The van der Waals surface area contributed by atoms with Gasteiger partial charge in [0.25, 0.3) is 0 Å². The molecule has 0 spiro atoms. The highest BCUT2D eigenvalue weighted by Crippen LogP contribution is 2.17. The van der Waals surface area contributed by atoms with E-state index in [1.165, 1.54) is 0 Å². The molecule has 2 aromatic carbocycles. The molecule has 16 heavy (non-hydrogen) atoms. The first-order valence-corrected chi connectivity index (χ1v) is 6.25. The number of fused-ring (bicyclic) bond motifs is 1. The van der Waals surface area contributed by atoms with E-state index in [2.05, 4.69) is 22.6 Å². The van der Waals surface area contributed by atoms with Gasteiger partial charge in [0.1, 0.15) is 4.11 Å². The molecule has 0 aromatic heterocycles. The van der Waals surface area contributed by atoms with Gasteiger partial charge in [-0.25, -0.2) is 4.79 Å². The highest BCUT2D eigenvalue weighted by molar-refractivity contribution is 14.1. The first-order chi connectivity index (χ1) is 7.66. The van der Waals surface area contributed by atoms with Crippen LogP contribution < -0.4 is 0 Å². The maximum Gasteiger partial charge on any atom is 0.339 e. The molecular weight excluding hydrogens is 315 g/mol. The fourth-order valence-electron chi connectivity index (χ4n) is 1.53.